The molecule has 1 fully saturated rings. The van der Waals surface area contributed by atoms with E-state index in [4.69, 9.17) is 10.9 Å². The van der Waals surface area contributed by atoms with Gasteiger partial charge in [-0.05, 0) is 30.5 Å². The van der Waals surface area contributed by atoms with Gasteiger partial charge in [0.25, 0.3) is 0 Å². The highest BCUT2D eigenvalue weighted by atomic mass is 16.4. The molecule has 1 saturated carbocycles. The van der Waals surface area contributed by atoms with Crippen LogP contribution in [0, 0.1) is 5.41 Å². The number of amidine groups is 1. The Labute approximate surface area is 125 Å². The molecule has 2 rings (SSSR count). The molecule has 0 radical (unpaired) electrons. The van der Waals surface area contributed by atoms with Crippen molar-refractivity contribution in [3.63, 3.8) is 0 Å². The van der Waals surface area contributed by atoms with Crippen LogP contribution in [0.4, 0.5) is 0 Å². The number of hydrogen-bond donors (Lipinski definition) is 4. The van der Waals surface area contributed by atoms with Crippen LogP contribution in [0.1, 0.15) is 43.4 Å². The minimum absolute atomic E-state index is 0.0101. The zero-order valence-corrected chi connectivity index (χ0v) is 12.3. The summed E-state index contributed by atoms with van der Waals surface area (Å²) in [5.74, 6) is 0.0101. The summed E-state index contributed by atoms with van der Waals surface area (Å²) in [6, 6.07) is 3.70. The molecule has 0 saturated heterocycles. The standard InChI is InChI=1S/C15H24N4O2/c16-14(19-21)13-8-12(4-7-18-13)9-17-10-15(11-20)5-2-1-3-6-15/h4,7-8,17,20-21H,1-3,5-6,9-11H2,(H2,16,19). The number of nitrogens with one attached hydrogen (secondary N) is 1. The van der Waals surface area contributed by atoms with E-state index in [1.54, 1.807) is 12.3 Å². The van der Waals surface area contributed by atoms with Gasteiger partial charge in [-0.25, -0.2) is 0 Å². The number of nitrogens with two attached hydrogens (primary N) is 1. The van der Waals surface area contributed by atoms with E-state index in [0.717, 1.165) is 24.9 Å². The fourth-order valence-corrected chi connectivity index (χ4v) is 2.94. The van der Waals surface area contributed by atoms with Crippen molar-refractivity contribution in [3.05, 3.63) is 29.6 Å². The lowest BCUT2D eigenvalue weighted by molar-refractivity contribution is 0.0810. The number of nitrogens with zero attached hydrogens (tertiary/aromatic N) is 2. The molecule has 6 nitrogen and oxygen atoms in total. The van der Waals surface area contributed by atoms with Crippen LogP contribution in [-0.4, -0.2) is 34.3 Å². The predicted octanol–water partition coefficient (Wildman–Crippen LogP) is 1.21. The van der Waals surface area contributed by atoms with Gasteiger partial charge < -0.3 is 21.4 Å². The van der Waals surface area contributed by atoms with Gasteiger partial charge in [0.1, 0.15) is 5.69 Å². The Morgan fingerprint density at radius 3 is 2.81 bits per heavy atom. The summed E-state index contributed by atoms with van der Waals surface area (Å²) < 4.78 is 0. The maximum Gasteiger partial charge on any atom is 0.188 e. The van der Waals surface area contributed by atoms with Gasteiger partial charge in [0.15, 0.2) is 5.84 Å². The van der Waals surface area contributed by atoms with Crippen molar-refractivity contribution >= 4 is 5.84 Å². The average molecular weight is 292 g/mol. The highest BCUT2D eigenvalue weighted by Crippen LogP contribution is 2.35. The molecular formula is C15H24N4O2. The van der Waals surface area contributed by atoms with Crippen LogP contribution in [0.25, 0.3) is 0 Å². The van der Waals surface area contributed by atoms with E-state index in [0.29, 0.717) is 12.2 Å². The molecule has 0 aromatic carbocycles. The third-order valence-electron chi connectivity index (χ3n) is 4.27. The fraction of sp³-hybridized carbons (Fsp3) is 0.600. The molecule has 1 aliphatic rings. The van der Waals surface area contributed by atoms with Gasteiger partial charge in [-0.2, -0.15) is 0 Å². The number of hydrogen-bond acceptors (Lipinski definition) is 5. The van der Waals surface area contributed by atoms with Crippen molar-refractivity contribution in [2.24, 2.45) is 16.3 Å². The minimum Gasteiger partial charge on any atom is -0.409 e. The Morgan fingerprint density at radius 2 is 2.14 bits per heavy atom. The van der Waals surface area contributed by atoms with Crippen molar-refractivity contribution in [3.8, 4) is 0 Å². The van der Waals surface area contributed by atoms with E-state index in [9.17, 15) is 5.11 Å². The largest absolute Gasteiger partial charge is 0.409 e. The zero-order chi connectivity index (χ0) is 15.1. The Bertz CT molecular complexity index is 484. The second kappa shape index (κ2) is 7.38. The second-order valence-corrected chi connectivity index (χ2v) is 5.86. The monoisotopic (exact) mass is 292 g/mol. The molecule has 1 aromatic rings. The van der Waals surface area contributed by atoms with E-state index in [2.05, 4.69) is 15.5 Å². The minimum atomic E-state index is 0.0101. The first-order valence-corrected chi connectivity index (χ1v) is 7.43. The lowest BCUT2D eigenvalue weighted by Gasteiger charge is -2.35. The molecule has 21 heavy (non-hydrogen) atoms. The van der Waals surface area contributed by atoms with Crippen molar-refractivity contribution in [2.75, 3.05) is 13.2 Å². The quantitative estimate of drug-likeness (QED) is 0.273. The van der Waals surface area contributed by atoms with Crippen molar-refractivity contribution < 1.29 is 10.3 Å². The summed E-state index contributed by atoms with van der Waals surface area (Å²) in [6.07, 6.45) is 7.49. The van der Waals surface area contributed by atoms with Crippen LogP contribution in [0.15, 0.2) is 23.5 Å². The molecule has 0 unspecified atom stereocenters. The van der Waals surface area contributed by atoms with Gasteiger partial charge in [0.2, 0.25) is 0 Å². The predicted molar refractivity (Wildman–Crippen MR) is 81.1 cm³/mol. The van der Waals surface area contributed by atoms with Crippen LogP contribution >= 0.6 is 0 Å². The summed E-state index contributed by atoms with van der Waals surface area (Å²) in [5, 5.41) is 24.7. The summed E-state index contributed by atoms with van der Waals surface area (Å²) in [7, 11) is 0. The maximum absolute atomic E-state index is 9.68. The van der Waals surface area contributed by atoms with Gasteiger partial charge in [0, 0.05) is 31.3 Å². The van der Waals surface area contributed by atoms with Crippen LogP contribution in [0.5, 0.6) is 0 Å². The summed E-state index contributed by atoms with van der Waals surface area (Å²) in [4.78, 5) is 4.05. The first-order chi connectivity index (χ1) is 10.2. The molecule has 1 heterocycles. The van der Waals surface area contributed by atoms with Crippen molar-refractivity contribution in [1.29, 1.82) is 0 Å². The molecular weight excluding hydrogens is 268 g/mol. The molecule has 6 heteroatoms. The number of aliphatic hydroxyl groups excluding tert-OH is 1. The van der Waals surface area contributed by atoms with E-state index in [-0.39, 0.29) is 17.9 Å². The van der Waals surface area contributed by atoms with Crippen molar-refractivity contribution in [1.82, 2.24) is 10.3 Å². The van der Waals surface area contributed by atoms with E-state index in [1.165, 1.54) is 19.3 Å². The molecule has 0 spiro atoms. The normalized spacial score (nSPS) is 18.6. The molecule has 0 bridgehead atoms. The number of aliphatic hydroxyl groups is 1. The van der Waals surface area contributed by atoms with Gasteiger partial charge in [-0.3, -0.25) is 4.98 Å². The highest BCUT2D eigenvalue weighted by molar-refractivity contribution is 5.95. The van der Waals surface area contributed by atoms with Gasteiger partial charge in [-0.15, -0.1) is 0 Å². The molecule has 116 valence electrons. The third kappa shape index (κ3) is 4.15. The van der Waals surface area contributed by atoms with Crippen LogP contribution in [0.3, 0.4) is 0 Å². The third-order valence-corrected chi connectivity index (χ3v) is 4.27. The summed E-state index contributed by atoms with van der Waals surface area (Å²) in [6.45, 7) is 1.73. The maximum atomic E-state index is 9.68. The smallest absolute Gasteiger partial charge is 0.188 e. The number of rotatable bonds is 6. The molecule has 0 atom stereocenters. The molecule has 0 amide bonds. The topological polar surface area (TPSA) is 104 Å². The van der Waals surface area contributed by atoms with Gasteiger partial charge in [0.05, 0.1) is 0 Å². The molecule has 1 aliphatic carbocycles. The zero-order valence-electron chi connectivity index (χ0n) is 12.3. The highest BCUT2D eigenvalue weighted by Gasteiger charge is 2.30. The van der Waals surface area contributed by atoms with Crippen LogP contribution in [0.2, 0.25) is 0 Å². The Morgan fingerprint density at radius 1 is 1.38 bits per heavy atom. The Hall–Kier alpha value is -1.66. The lowest BCUT2D eigenvalue weighted by atomic mass is 9.74. The summed E-state index contributed by atoms with van der Waals surface area (Å²) in [5.41, 5.74) is 7.05. The van der Waals surface area contributed by atoms with E-state index < -0.39 is 0 Å². The van der Waals surface area contributed by atoms with E-state index >= 15 is 0 Å². The Balaban J connectivity index is 1.91. The fourth-order valence-electron chi connectivity index (χ4n) is 2.94. The first kappa shape index (κ1) is 15.7. The molecule has 0 aliphatic heterocycles. The second-order valence-electron chi connectivity index (χ2n) is 5.86. The molecule has 5 N–H and O–H groups in total. The Kier molecular flexibility index (Phi) is 5.52. The summed E-state index contributed by atoms with van der Waals surface area (Å²) >= 11 is 0. The average Bonchev–Trinajstić information content (AvgIpc) is 2.55. The number of pyridine rings is 1. The van der Waals surface area contributed by atoms with Crippen molar-refractivity contribution in [2.45, 2.75) is 38.6 Å². The van der Waals surface area contributed by atoms with Gasteiger partial charge >= 0.3 is 0 Å². The molecule has 1 aromatic heterocycles. The van der Waals surface area contributed by atoms with Crippen LogP contribution < -0.4 is 11.1 Å². The number of aromatic nitrogens is 1. The van der Waals surface area contributed by atoms with Gasteiger partial charge in [-0.1, -0.05) is 24.4 Å². The first-order valence-electron chi connectivity index (χ1n) is 7.43. The van der Waals surface area contributed by atoms with E-state index in [1.807, 2.05) is 6.07 Å². The lowest BCUT2D eigenvalue weighted by Crippen LogP contribution is -2.38. The number of oxime groups is 1. The van der Waals surface area contributed by atoms with Crippen LogP contribution in [-0.2, 0) is 6.54 Å². The SMILES string of the molecule is N/C(=N/O)c1cc(CNCC2(CO)CCCCC2)ccn1.